The summed E-state index contributed by atoms with van der Waals surface area (Å²) < 4.78 is 13.2. The lowest BCUT2D eigenvalue weighted by atomic mass is 9.43. The van der Waals surface area contributed by atoms with Crippen LogP contribution in [0.4, 0.5) is 0 Å². The van der Waals surface area contributed by atoms with Crippen LogP contribution in [-0.2, 0) is 15.7 Å². The zero-order valence-electron chi connectivity index (χ0n) is 17.5. The van der Waals surface area contributed by atoms with Crippen LogP contribution in [0.3, 0.4) is 0 Å². The van der Waals surface area contributed by atoms with Gasteiger partial charge in [-0.1, -0.05) is 70.0 Å². The van der Waals surface area contributed by atoms with Gasteiger partial charge < -0.3 is 9.31 Å². The molecular weight excluding hydrogens is 331 g/mol. The van der Waals surface area contributed by atoms with Gasteiger partial charge in [0.15, 0.2) is 0 Å². The molecule has 3 aliphatic carbocycles. The topological polar surface area (TPSA) is 18.5 Å². The predicted octanol–water partition coefficient (Wildman–Crippen LogP) is 5.30. The highest BCUT2D eigenvalue weighted by Crippen LogP contribution is 2.65. The van der Waals surface area contributed by atoms with E-state index >= 15 is 0 Å². The standard InChI is InChI=1S/C24H35BO2/c1-5-6-7-8-9-10-13-18-14-11-12-15-20(18)25-26-22-17-19-16-21(23(19,2)3)24(22,4)27-25/h9-12,14-15,19,21-22H,5-8,13,16-17H2,1-4H3/b10-9-/t19-,21-,22+,24-/m0/s1. The number of unbranched alkanes of at least 4 members (excludes halogenated alkanes) is 3. The quantitative estimate of drug-likeness (QED) is 0.370. The Bertz CT molecular complexity index is 697. The van der Waals surface area contributed by atoms with Gasteiger partial charge in [0.05, 0.1) is 11.7 Å². The zero-order valence-corrected chi connectivity index (χ0v) is 17.5. The molecule has 146 valence electrons. The summed E-state index contributed by atoms with van der Waals surface area (Å²) in [5.74, 6) is 1.41. The van der Waals surface area contributed by atoms with Crippen molar-refractivity contribution >= 4 is 12.6 Å². The van der Waals surface area contributed by atoms with Crippen LogP contribution >= 0.6 is 0 Å². The lowest BCUT2D eigenvalue weighted by molar-refractivity contribution is -0.199. The van der Waals surface area contributed by atoms with E-state index in [1.165, 1.54) is 43.1 Å². The Labute approximate surface area is 165 Å². The lowest BCUT2D eigenvalue weighted by Gasteiger charge is -2.64. The number of hydrogen-bond acceptors (Lipinski definition) is 2. The van der Waals surface area contributed by atoms with Gasteiger partial charge in [-0.2, -0.15) is 0 Å². The van der Waals surface area contributed by atoms with E-state index in [9.17, 15) is 0 Å². The number of benzene rings is 1. The third-order valence-corrected chi connectivity index (χ3v) is 7.74. The third-order valence-electron chi connectivity index (χ3n) is 7.74. The van der Waals surface area contributed by atoms with Gasteiger partial charge in [0.25, 0.3) is 0 Å². The molecule has 3 heteroatoms. The van der Waals surface area contributed by atoms with Crippen molar-refractivity contribution < 1.29 is 9.31 Å². The smallest absolute Gasteiger partial charge is 0.401 e. The summed E-state index contributed by atoms with van der Waals surface area (Å²) in [7, 11) is -0.208. The number of hydrogen-bond donors (Lipinski definition) is 0. The van der Waals surface area contributed by atoms with Crippen molar-refractivity contribution in [2.45, 2.75) is 84.3 Å². The minimum absolute atomic E-state index is 0.133. The maximum absolute atomic E-state index is 6.68. The van der Waals surface area contributed by atoms with Crippen molar-refractivity contribution in [3.05, 3.63) is 42.0 Å². The van der Waals surface area contributed by atoms with E-state index in [2.05, 4.69) is 64.1 Å². The van der Waals surface area contributed by atoms with E-state index in [4.69, 9.17) is 9.31 Å². The summed E-state index contributed by atoms with van der Waals surface area (Å²) in [4.78, 5) is 0. The normalized spacial score (nSPS) is 33.9. The van der Waals surface area contributed by atoms with Crippen molar-refractivity contribution in [2.75, 3.05) is 0 Å². The molecule has 4 aliphatic rings. The van der Waals surface area contributed by atoms with Crippen molar-refractivity contribution in [3.63, 3.8) is 0 Å². The lowest BCUT2D eigenvalue weighted by Crippen LogP contribution is -2.65. The highest BCUT2D eigenvalue weighted by molar-refractivity contribution is 6.62. The van der Waals surface area contributed by atoms with E-state index in [0.29, 0.717) is 11.3 Å². The first-order chi connectivity index (χ1) is 13.0. The molecule has 4 fully saturated rings. The summed E-state index contributed by atoms with van der Waals surface area (Å²) >= 11 is 0. The fraction of sp³-hybridized carbons (Fsp3) is 0.667. The molecule has 3 saturated carbocycles. The van der Waals surface area contributed by atoms with Gasteiger partial charge in [0.1, 0.15) is 0 Å². The monoisotopic (exact) mass is 366 g/mol. The van der Waals surface area contributed by atoms with Crippen LogP contribution in [0.15, 0.2) is 36.4 Å². The van der Waals surface area contributed by atoms with E-state index in [0.717, 1.165) is 18.8 Å². The van der Waals surface area contributed by atoms with Gasteiger partial charge >= 0.3 is 7.12 Å². The molecule has 0 radical (unpaired) electrons. The Hall–Kier alpha value is -1.06. The third kappa shape index (κ3) is 3.31. The first-order valence-electron chi connectivity index (χ1n) is 11.0. The van der Waals surface area contributed by atoms with Gasteiger partial charge in [0, 0.05) is 0 Å². The van der Waals surface area contributed by atoms with E-state index in [-0.39, 0.29) is 18.8 Å². The molecule has 0 spiro atoms. The van der Waals surface area contributed by atoms with Gasteiger partial charge in [-0.15, -0.1) is 0 Å². The largest absolute Gasteiger partial charge is 0.494 e. The Morgan fingerprint density at radius 3 is 2.70 bits per heavy atom. The molecule has 1 aliphatic heterocycles. The fourth-order valence-corrected chi connectivity index (χ4v) is 5.79. The fourth-order valence-electron chi connectivity index (χ4n) is 5.79. The molecule has 2 bridgehead atoms. The second kappa shape index (κ2) is 7.41. The summed E-state index contributed by atoms with van der Waals surface area (Å²) in [6.45, 7) is 9.39. The van der Waals surface area contributed by atoms with Crippen LogP contribution in [0, 0.1) is 17.3 Å². The van der Waals surface area contributed by atoms with E-state index < -0.39 is 0 Å². The molecule has 0 N–H and O–H groups in total. The maximum atomic E-state index is 6.68. The summed E-state index contributed by atoms with van der Waals surface area (Å²) in [5, 5.41) is 0. The summed E-state index contributed by atoms with van der Waals surface area (Å²) in [6, 6.07) is 8.67. The van der Waals surface area contributed by atoms with Crippen LogP contribution in [0.2, 0.25) is 0 Å². The van der Waals surface area contributed by atoms with Gasteiger partial charge in [-0.25, -0.2) is 0 Å². The second-order valence-electron chi connectivity index (χ2n) is 9.67. The predicted molar refractivity (Wildman–Crippen MR) is 113 cm³/mol. The highest BCUT2D eigenvalue weighted by Gasteiger charge is 2.68. The van der Waals surface area contributed by atoms with Gasteiger partial charge in [0.2, 0.25) is 0 Å². The molecule has 1 aromatic carbocycles. The van der Waals surface area contributed by atoms with Crippen LogP contribution < -0.4 is 5.46 Å². The average Bonchev–Trinajstić information content (AvgIpc) is 3.01. The Balaban J connectivity index is 1.46. The SMILES string of the molecule is CCCCC/C=C\Cc1ccccc1B1O[C@@H]2C[C@@H]3C[C@@H](C3(C)C)[C@]2(C)O1. The van der Waals surface area contributed by atoms with Gasteiger partial charge in [-0.05, 0) is 67.3 Å². The summed E-state index contributed by atoms with van der Waals surface area (Å²) in [6.07, 6.45) is 13.4. The molecule has 1 saturated heterocycles. The first-order valence-corrected chi connectivity index (χ1v) is 11.0. The highest BCUT2D eigenvalue weighted by atomic mass is 16.7. The second-order valence-corrected chi connectivity index (χ2v) is 9.67. The van der Waals surface area contributed by atoms with Crippen molar-refractivity contribution in [2.24, 2.45) is 17.3 Å². The molecule has 0 unspecified atom stereocenters. The zero-order chi connectivity index (χ0) is 19.1. The molecule has 5 rings (SSSR count). The van der Waals surface area contributed by atoms with Crippen LogP contribution in [0.5, 0.6) is 0 Å². The van der Waals surface area contributed by atoms with Crippen molar-refractivity contribution in [1.29, 1.82) is 0 Å². The van der Waals surface area contributed by atoms with Crippen molar-refractivity contribution in [3.8, 4) is 0 Å². The van der Waals surface area contributed by atoms with Crippen LogP contribution in [0.1, 0.15) is 71.8 Å². The minimum atomic E-state index is -0.208. The summed E-state index contributed by atoms with van der Waals surface area (Å²) in [5.41, 5.74) is 2.82. The maximum Gasteiger partial charge on any atom is 0.494 e. The Kier molecular flexibility index (Phi) is 5.29. The molecule has 0 aromatic heterocycles. The minimum Gasteiger partial charge on any atom is -0.401 e. The molecule has 4 atom stereocenters. The van der Waals surface area contributed by atoms with E-state index in [1.54, 1.807) is 0 Å². The first kappa shape index (κ1) is 19.3. The van der Waals surface area contributed by atoms with E-state index in [1.807, 2.05) is 0 Å². The van der Waals surface area contributed by atoms with Crippen LogP contribution in [0.25, 0.3) is 0 Å². The number of rotatable bonds is 7. The number of allylic oxidation sites excluding steroid dienone is 2. The molecule has 27 heavy (non-hydrogen) atoms. The molecular formula is C24H35BO2. The average molecular weight is 366 g/mol. The molecule has 1 heterocycles. The van der Waals surface area contributed by atoms with Crippen LogP contribution in [-0.4, -0.2) is 18.8 Å². The van der Waals surface area contributed by atoms with Gasteiger partial charge in [-0.3, -0.25) is 0 Å². The van der Waals surface area contributed by atoms with Crippen molar-refractivity contribution in [1.82, 2.24) is 0 Å². The Morgan fingerprint density at radius 1 is 1.11 bits per heavy atom. The molecule has 0 amide bonds. The Morgan fingerprint density at radius 2 is 1.93 bits per heavy atom. The molecule has 1 aromatic rings. The molecule has 2 nitrogen and oxygen atoms in total.